The minimum Gasteiger partial charge on any atom is -0.465 e. The fourth-order valence-electron chi connectivity index (χ4n) is 1.44. The highest BCUT2D eigenvalue weighted by Crippen LogP contribution is 2.27. The lowest BCUT2D eigenvalue weighted by atomic mass is 10.0. The molecule has 0 saturated heterocycles. The zero-order valence-corrected chi connectivity index (χ0v) is 12.1. The predicted molar refractivity (Wildman–Crippen MR) is 69.9 cm³/mol. The molecule has 0 fully saturated rings. The summed E-state index contributed by atoms with van der Waals surface area (Å²) in [6, 6.07) is 1.76. The zero-order valence-electron chi connectivity index (χ0n) is 11.3. The van der Waals surface area contributed by atoms with Crippen LogP contribution in [0.3, 0.4) is 0 Å². The van der Waals surface area contributed by atoms with Crippen molar-refractivity contribution in [2.45, 2.75) is 39.2 Å². The van der Waals surface area contributed by atoms with E-state index in [1.807, 2.05) is 20.8 Å². The van der Waals surface area contributed by atoms with Crippen LogP contribution in [0.5, 0.6) is 0 Å². The average molecular weight is 270 g/mol. The van der Waals surface area contributed by atoms with Crippen LogP contribution in [0.25, 0.3) is 0 Å². The normalized spacial score (nSPS) is 12.9. The van der Waals surface area contributed by atoms with Crippen molar-refractivity contribution in [2.75, 3.05) is 7.11 Å². The van der Waals surface area contributed by atoms with E-state index in [1.54, 1.807) is 18.4 Å². The van der Waals surface area contributed by atoms with Gasteiger partial charge in [-0.25, -0.2) is 4.79 Å². The average Bonchev–Trinajstić information content (AvgIpc) is 2.73. The third-order valence-corrected chi connectivity index (χ3v) is 3.20. The molecule has 0 amide bonds. The van der Waals surface area contributed by atoms with Gasteiger partial charge in [0.25, 0.3) is 0 Å². The fourth-order valence-corrected chi connectivity index (χ4v) is 2.35. The molecule has 0 spiro atoms. The van der Waals surface area contributed by atoms with Crippen molar-refractivity contribution in [1.29, 1.82) is 0 Å². The maximum atomic E-state index is 12.0. The highest BCUT2D eigenvalue weighted by Gasteiger charge is 2.27. The molecule has 1 heterocycles. The minimum atomic E-state index is -0.535. The number of ether oxygens (including phenoxy) is 2. The summed E-state index contributed by atoms with van der Waals surface area (Å²) in [5.41, 5.74) is 0.119. The molecule has 0 bridgehead atoms. The number of hydrogen-bond acceptors (Lipinski definition) is 5. The van der Waals surface area contributed by atoms with Gasteiger partial charge in [0.05, 0.1) is 13.0 Å². The minimum absolute atomic E-state index is 0.342. The Hall–Kier alpha value is -1.36. The molecule has 0 N–H and O–H groups in total. The van der Waals surface area contributed by atoms with Crippen molar-refractivity contribution >= 4 is 23.3 Å². The van der Waals surface area contributed by atoms with Gasteiger partial charge in [0, 0.05) is 0 Å². The van der Waals surface area contributed by atoms with Crippen LogP contribution in [0.4, 0.5) is 0 Å². The maximum absolute atomic E-state index is 12.0. The molecule has 1 aromatic rings. The van der Waals surface area contributed by atoms with E-state index in [2.05, 4.69) is 4.74 Å². The quantitative estimate of drug-likeness (QED) is 0.792. The molecule has 0 unspecified atom stereocenters. The lowest BCUT2D eigenvalue weighted by Crippen LogP contribution is -2.27. The molecule has 0 saturated carbocycles. The summed E-state index contributed by atoms with van der Waals surface area (Å²) in [6.07, 6.45) is 0. The van der Waals surface area contributed by atoms with Gasteiger partial charge in [0.2, 0.25) is 0 Å². The Morgan fingerprint density at radius 2 is 1.94 bits per heavy atom. The predicted octanol–water partition coefficient (Wildman–Crippen LogP) is 2.98. The number of carbonyl (C=O) groups is 2. The monoisotopic (exact) mass is 270 g/mol. The SMILES string of the molecule is COC(=O)c1sccc1[C@@H](C)C(=O)OC(C)(C)C. The summed E-state index contributed by atoms with van der Waals surface area (Å²) in [4.78, 5) is 23.9. The Bertz CT molecular complexity index is 442. The Kier molecular flexibility index (Phi) is 4.51. The van der Waals surface area contributed by atoms with E-state index in [4.69, 9.17) is 4.74 Å². The summed E-state index contributed by atoms with van der Waals surface area (Å²) in [7, 11) is 1.32. The molecule has 18 heavy (non-hydrogen) atoms. The van der Waals surface area contributed by atoms with Crippen LogP contribution in [0.15, 0.2) is 11.4 Å². The Morgan fingerprint density at radius 1 is 1.33 bits per heavy atom. The molecule has 0 aromatic carbocycles. The molecule has 4 nitrogen and oxygen atoms in total. The largest absolute Gasteiger partial charge is 0.465 e. The van der Waals surface area contributed by atoms with Crippen LogP contribution >= 0.6 is 11.3 Å². The first kappa shape index (κ1) is 14.7. The smallest absolute Gasteiger partial charge is 0.348 e. The standard InChI is InChI=1S/C13H18O4S/c1-8(11(14)17-13(2,3)4)9-6-7-18-10(9)12(15)16-5/h6-8H,1-5H3/t8-/m1/s1. The Morgan fingerprint density at radius 3 is 2.44 bits per heavy atom. The van der Waals surface area contributed by atoms with Gasteiger partial charge in [-0.3, -0.25) is 4.79 Å². The van der Waals surface area contributed by atoms with Crippen molar-refractivity contribution < 1.29 is 19.1 Å². The molecule has 5 heteroatoms. The van der Waals surface area contributed by atoms with Gasteiger partial charge in [0.1, 0.15) is 10.5 Å². The fraction of sp³-hybridized carbons (Fsp3) is 0.538. The summed E-state index contributed by atoms with van der Waals surface area (Å²) in [5, 5.41) is 1.77. The molecule has 1 rings (SSSR count). The number of thiophene rings is 1. The number of rotatable bonds is 3. The molecule has 0 aliphatic carbocycles. The topological polar surface area (TPSA) is 52.6 Å². The van der Waals surface area contributed by atoms with Gasteiger partial charge < -0.3 is 9.47 Å². The first-order valence-electron chi connectivity index (χ1n) is 5.65. The Labute approximate surface area is 111 Å². The van der Waals surface area contributed by atoms with E-state index in [1.165, 1.54) is 18.4 Å². The first-order valence-corrected chi connectivity index (χ1v) is 6.53. The lowest BCUT2D eigenvalue weighted by Gasteiger charge is -2.22. The number of hydrogen-bond donors (Lipinski definition) is 0. The molecule has 0 radical (unpaired) electrons. The van der Waals surface area contributed by atoms with Crippen LogP contribution in [0.1, 0.15) is 48.8 Å². The summed E-state index contributed by atoms with van der Waals surface area (Å²) in [6.45, 7) is 7.16. The Balaban J connectivity index is 2.91. The maximum Gasteiger partial charge on any atom is 0.348 e. The second-order valence-corrected chi connectivity index (χ2v) is 5.87. The van der Waals surface area contributed by atoms with E-state index in [9.17, 15) is 9.59 Å². The zero-order chi connectivity index (χ0) is 13.9. The highest BCUT2D eigenvalue weighted by molar-refractivity contribution is 7.12. The highest BCUT2D eigenvalue weighted by atomic mass is 32.1. The van der Waals surface area contributed by atoms with E-state index in [0.29, 0.717) is 10.4 Å². The molecule has 1 atom stereocenters. The van der Waals surface area contributed by atoms with Crippen LogP contribution in [0.2, 0.25) is 0 Å². The van der Waals surface area contributed by atoms with Crippen molar-refractivity contribution in [1.82, 2.24) is 0 Å². The van der Waals surface area contributed by atoms with Crippen LogP contribution in [-0.4, -0.2) is 24.6 Å². The van der Waals surface area contributed by atoms with Crippen molar-refractivity contribution in [2.24, 2.45) is 0 Å². The van der Waals surface area contributed by atoms with Crippen molar-refractivity contribution in [3.05, 3.63) is 21.9 Å². The van der Waals surface area contributed by atoms with Crippen LogP contribution in [0, 0.1) is 0 Å². The second kappa shape index (κ2) is 5.52. The van der Waals surface area contributed by atoms with Gasteiger partial charge in [-0.1, -0.05) is 0 Å². The van der Waals surface area contributed by atoms with Gasteiger partial charge in [0.15, 0.2) is 0 Å². The van der Waals surface area contributed by atoms with E-state index in [0.717, 1.165) is 0 Å². The molecular formula is C13H18O4S. The van der Waals surface area contributed by atoms with Gasteiger partial charge in [-0.05, 0) is 44.7 Å². The van der Waals surface area contributed by atoms with E-state index in [-0.39, 0.29) is 5.97 Å². The number of esters is 2. The molecule has 1 aromatic heterocycles. The molecule has 0 aliphatic rings. The van der Waals surface area contributed by atoms with Gasteiger partial charge >= 0.3 is 11.9 Å². The third-order valence-electron chi connectivity index (χ3n) is 2.29. The first-order chi connectivity index (χ1) is 8.26. The van der Waals surface area contributed by atoms with E-state index >= 15 is 0 Å². The van der Waals surface area contributed by atoms with Crippen LogP contribution < -0.4 is 0 Å². The summed E-state index contributed by atoms with van der Waals surface area (Å²) < 4.78 is 9.99. The molecule has 0 aliphatic heterocycles. The summed E-state index contributed by atoms with van der Waals surface area (Å²) >= 11 is 1.26. The van der Waals surface area contributed by atoms with Gasteiger partial charge in [-0.2, -0.15) is 0 Å². The van der Waals surface area contributed by atoms with Gasteiger partial charge in [-0.15, -0.1) is 11.3 Å². The molecule has 100 valence electrons. The number of carbonyl (C=O) groups excluding carboxylic acids is 2. The lowest BCUT2D eigenvalue weighted by molar-refractivity contribution is -0.156. The van der Waals surface area contributed by atoms with Crippen molar-refractivity contribution in [3.63, 3.8) is 0 Å². The number of methoxy groups -OCH3 is 1. The molecular weight excluding hydrogens is 252 g/mol. The second-order valence-electron chi connectivity index (χ2n) is 4.95. The van der Waals surface area contributed by atoms with E-state index < -0.39 is 17.5 Å². The van der Waals surface area contributed by atoms with Crippen LogP contribution in [-0.2, 0) is 14.3 Å². The summed E-state index contributed by atoms with van der Waals surface area (Å²) in [5.74, 6) is -1.24. The van der Waals surface area contributed by atoms with Crippen molar-refractivity contribution in [3.8, 4) is 0 Å². The third kappa shape index (κ3) is 3.57.